The first-order chi connectivity index (χ1) is 12.5. The molecule has 1 aromatic heterocycles. The fourth-order valence-corrected chi connectivity index (χ4v) is 2.67. The van der Waals surface area contributed by atoms with Crippen molar-refractivity contribution in [3.8, 4) is 5.75 Å². The van der Waals surface area contributed by atoms with E-state index in [0.29, 0.717) is 17.2 Å². The van der Waals surface area contributed by atoms with Crippen LogP contribution >= 0.6 is 11.6 Å². The summed E-state index contributed by atoms with van der Waals surface area (Å²) in [4.78, 5) is 15.5. The summed E-state index contributed by atoms with van der Waals surface area (Å²) in [6, 6.07) is 17.0. The van der Waals surface area contributed by atoms with Gasteiger partial charge in [-0.15, -0.1) is 0 Å². The van der Waals surface area contributed by atoms with E-state index in [-0.39, 0.29) is 29.6 Å². The number of pyridine rings is 1. The summed E-state index contributed by atoms with van der Waals surface area (Å²) < 4.78 is 5.38. The van der Waals surface area contributed by atoms with Crippen LogP contribution in [0.15, 0.2) is 60.7 Å². The maximum absolute atomic E-state index is 10.9. The number of ether oxygens (including phenoxy) is 1. The molecule has 0 aliphatic heterocycles. The van der Waals surface area contributed by atoms with E-state index in [1.54, 1.807) is 6.07 Å². The van der Waals surface area contributed by atoms with Gasteiger partial charge in [-0.05, 0) is 42.8 Å². The van der Waals surface area contributed by atoms with Crippen molar-refractivity contribution in [3.63, 3.8) is 0 Å². The number of fused-ring (bicyclic) bond motifs is 1. The SMILES string of the molecule is CC(Oc1cccc(C=CCc2ccc3ccc(Cl)cc3n2)c1)C(=O)O.[NaH]. The first kappa shape index (κ1) is 21.5. The van der Waals surface area contributed by atoms with Crippen molar-refractivity contribution in [2.75, 3.05) is 0 Å². The number of allylic oxidation sites excluding steroid dienone is 1. The van der Waals surface area contributed by atoms with E-state index in [4.69, 9.17) is 21.4 Å². The zero-order chi connectivity index (χ0) is 18.5. The molecule has 0 aliphatic rings. The molecule has 0 saturated carbocycles. The Morgan fingerprint density at radius 3 is 2.78 bits per heavy atom. The minimum atomic E-state index is -0.992. The van der Waals surface area contributed by atoms with E-state index in [9.17, 15) is 4.79 Å². The molecule has 27 heavy (non-hydrogen) atoms. The van der Waals surface area contributed by atoms with Crippen LogP contribution in [0.1, 0.15) is 18.2 Å². The number of aliphatic carboxylic acids is 1. The zero-order valence-electron chi connectivity index (χ0n) is 14.2. The molecule has 1 N–H and O–H groups in total. The van der Waals surface area contributed by atoms with Crippen molar-refractivity contribution in [1.29, 1.82) is 0 Å². The number of hydrogen-bond donors (Lipinski definition) is 1. The Morgan fingerprint density at radius 1 is 1.22 bits per heavy atom. The Hall–Kier alpha value is -1.85. The fourth-order valence-electron chi connectivity index (χ4n) is 2.51. The van der Waals surface area contributed by atoms with Gasteiger partial charge in [0.2, 0.25) is 0 Å². The Balaban J connectivity index is 0.00000261. The normalized spacial score (nSPS) is 11.9. The molecule has 1 heterocycles. The third-order valence-corrected chi connectivity index (χ3v) is 4.10. The van der Waals surface area contributed by atoms with Gasteiger partial charge in [-0.2, -0.15) is 0 Å². The van der Waals surface area contributed by atoms with Crippen LogP contribution in [0.25, 0.3) is 17.0 Å². The molecule has 1 atom stereocenters. The molecule has 0 spiro atoms. The first-order valence-corrected chi connectivity index (χ1v) is 8.60. The molecule has 1 unspecified atom stereocenters. The number of rotatable bonds is 6. The fraction of sp³-hybridized carbons (Fsp3) is 0.143. The van der Waals surface area contributed by atoms with Gasteiger partial charge in [0.15, 0.2) is 6.10 Å². The van der Waals surface area contributed by atoms with Crippen LogP contribution in [0.2, 0.25) is 5.02 Å². The second kappa shape index (κ2) is 9.90. The predicted molar refractivity (Wildman–Crippen MR) is 111 cm³/mol. The number of carboxylic acids is 1. The number of carboxylic acid groups (broad SMARTS) is 1. The van der Waals surface area contributed by atoms with Gasteiger partial charge in [0.05, 0.1) is 5.52 Å². The number of carbonyl (C=O) groups is 1. The zero-order valence-corrected chi connectivity index (χ0v) is 15.0. The number of benzene rings is 2. The van der Waals surface area contributed by atoms with Gasteiger partial charge in [-0.1, -0.05) is 48.0 Å². The summed E-state index contributed by atoms with van der Waals surface area (Å²) in [5.41, 5.74) is 2.76. The number of halogens is 1. The van der Waals surface area contributed by atoms with Gasteiger partial charge >= 0.3 is 35.5 Å². The van der Waals surface area contributed by atoms with Crippen LogP contribution in [-0.2, 0) is 11.2 Å². The van der Waals surface area contributed by atoms with Crippen molar-refractivity contribution in [3.05, 3.63) is 77.0 Å². The van der Waals surface area contributed by atoms with Gasteiger partial charge in [0.1, 0.15) is 5.75 Å². The van der Waals surface area contributed by atoms with E-state index in [1.165, 1.54) is 6.92 Å². The molecule has 0 fully saturated rings. The number of aromatic nitrogens is 1. The molecule has 4 nitrogen and oxygen atoms in total. The molecule has 6 heteroatoms. The Labute approximate surface area is 185 Å². The number of hydrogen-bond acceptors (Lipinski definition) is 3. The van der Waals surface area contributed by atoms with Crippen LogP contribution in [-0.4, -0.2) is 51.7 Å². The average molecular weight is 392 g/mol. The molecule has 0 saturated heterocycles. The molecule has 134 valence electrons. The van der Waals surface area contributed by atoms with Gasteiger partial charge in [-0.25, -0.2) is 4.79 Å². The summed E-state index contributed by atoms with van der Waals surface area (Å²) >= 11 is 6.02. The summed E-state index contributed by atoms with van der Waals surface area (Å²) in [7, 11) is 0. The van der Waals surface area contributed by atoms with Crippen molar-refractivity contribution < 1.29 is 14.6 Å². The molecule has 2 aromatic carbocycles. The van der Waals surface area contributed by atoms with Gasteiger partial charge in [-0.3, -0.25) is 4.98 Å². The van der Waals surface area contributed by atoms with E-state index in [0.717, 1.165) is 22.2 Å². The molecule has 3 aromatic rings. The van der Waals surface area contributed by atoms with E-state index >= 15 is 0 Å². The Morgan fingerprint density at radius 2 is 2.00 bits per heavy atom. The predicted octanol–water partition coefficient (Wildman–Crippen LogP) is 4.35. The van der Waals surface area contributed by atoms with Crippen LogP contribution in [0.4, 0.5) is 0 Å². The Bertz CT molecular complexity index is 975. The summed E-state index contributed by atoms with van der Waals surface area (Å²) in [5, 5.41) is 10.6. The molecule has 3 rings (SSSR count). The standard InChI is InChI=1S/C21H18ClNO3.Na.H/c1-14(21(24)25)26-19-7-3-5-15(12-19)4-2-6-18-11-9-16-8-10-17(22)13-20(16)23-18;;/h2-5,7-14H,6H2,1H3,(H,24,25);;. The van der Waals surface area contributed by atoms with E-state index in [2.05, 4.69) is 4.98 Å². The number of nitrogens with zero attached hydrogens (tertiary/aromatic N) is 1. The van der Waals surface area contributed by atoms with Crippen LogP contribution in [0.3, 0.4) is 0 Å². The topological polar surface area (TPSA) is 59.4 Å². The second-order valence-electron chi connectivity index (χ2n) is 5.92. The van der Waals surface area contributed by atoms with Crippen molar-refractivity contribution in [1.82, 2.24) is 4.98 Å². The van der Waals surface area contributed by atoms with Gasteiger partial charge in [0.25, 0.3) is 0 Å². The second-order valence-corrected chi connectivity index (χ2v) is 6.35. The minimum absolute atomic E-state index is 0. The molecule has 0 bridgehead atoms. The molecule has 0 amide bonds. The molecular weight excluding hydrogens is 373 g/mol. The monoisotopic (exact) mass is 391 g/mol. The van der Waals surface area contributed by atoms with Crippen LogP contribution in [0.5, 0.6) is 5.75 Å². The first-order valence-electron chi connectivity index (χ1n) is 8.22. The summed E-state index contributed by atoms with van der Waals surface area (Å²) in [6.45, 7) is 1.50. The van der Waals surface area contributed by atoms with E-state index < -0.39 is 12.1 Å². The quantitative estimate of drug-likeness (QED) is 0.635. The average Bonchev–Trinajstić information content (AvgIpc) is 2.61. The Kier molecular flexibility index (Phi) is 7.87. The van der Waals surface area contributed by atoms with Gasteiger partial charge < -0.3 is 9.84 Å². The molecule has 0 radical (unpaired) electrons. The molecule has 0 aliphatic carbocycles. The van der Waals surface area contributed by atoms with Gasteiger partial charge in [0, 0.05) is 22.5 Å². The van der Waals surface area contributed by atoms with Crippen LogP contribution < -0.4 is 4.74 Å². The summed E-state index contributed by atoms with van der Waals surface area (Å²) in [5.74, 6) is -0.464. The van der Waals surface area contributed by atoms with Crippen molar-refractivity contribution in [2.24, 2.45) is 0 Å². The summed E-state index contributed by atoms with van der Waals surface area (Å²) in [6.07, 6.45) is 3.77. The van der Waals surface area contributed by atoms with Crippen molar-refractivity contribution in [2.45, 2.75) is 19.4 Å². The molecular formula is C21H19ClNNaO3. The third kappa shape index (κ3) is 6.08. The van der Waals surface area contributed by atoms with E-state index in [1.807, 2.05) is 60.7 Å². The van der Waals surface area contributed by atoms with Crippen molar-refractivity contribution >= 4 is 64.1 Å². The van der Waals surface area contributed by atoms with Crippen LogP contribution in [0, 0.1) is 0 Å². The third-order valence-electron chi connectivity index (χ3n) is 3.87. The maximum atomic E-state index is 10.9.